The zero-order valence-corrected chi connectivity index (χ0v) is 29.1. The minimum absolute atomic E-state index is 0.0198. The van der Waals surface area contributed by atoms with E-state index < -0.39 is 23.9 Å². The van der Waals surface area contributed by atoms with Gasteiger partial charge in [-0.3, -0.25) is 0 Å². The second-order valence-electron chi connectivity index (χ2n) is 10.1. The summed E-state index contributed by atoms with van der Waals surface area (Å²) in [6, 6.07) is 0. The first-order valence-electron chi connectivity index (χ1n) is 15.6. The van der Waals surface area contributed by atoms with E-state index in [0.29, 0.717) is 12.8 Å². The summed E-state index contributed by atoms with van der Waals surface area (Å²) in [6.45, 7) is 8.71. The van der Waals surface area contributed by atoms with Gasteiger partial charge in [0.2, 0.25) is 0 Å². The van der Waals surface area contributed by atoms with Crippen LogP contribution in [0.2, 0.25) is 8.87 Å². The fourth-order valence-corrected chi connectivity index (χ4v) is 7.31. The number of hydrogen-bond donors (Lipinski definition) is 4. The number of unbranched alkanes of at least 4 members (excludes halogenated alkanes) is 12. The Morgan fingerprint density at radius 1 is 0.463 bits per heavy atom. The van der Waals surface area contributed by atoms with E-state index in [1.807, 2.05) is 0 Å². The van der Waals surface area contributed by atoms with Crippen LogP contribution >= 0.6 is 0 Å². The van der Waals surface area contributed by atoms with Gasteiger partial charge in [-0.15, -0.1) is 0 Å². The molecule has 0 aliphatic carbocycles. The second-order valence-corrected chi connectivity index (χ2v) is 14.4. The van der Waals surface area contributed by atoms with Gasteiger partial charge in [-0.05, 0) is 25.7 Å². The molecule has 238 valence electrons. The Morgan fingerprint density at radius 2 is 0.756 bits per heavy atom. The van der Waals surface area contributed by atoms with E-state index in [4.69, 9.17) is 20.4 Å². The summed E-state index contributed by atoms with van der Waals surface area (Å²) in [5, 5.41) is 34.1. The first kappa shape index (κ1) is 43.6. The molecule has 0 rings (SSSR count). The fraction of sp³-hybridized carbons (Fsp3) is 0.750. The molecule has 0 unspecified atom stereocenters. The predicted molar refractivity (Wildman–Crippen MR) is 168 cm³/mol. The van der Waals surface area contributed by atoms with Crippen molar-refractivity contribution >= 4 is 45.0 Å². The van der Waals surface area contributed by atoms with E-state index >= 15 is 0 Å². The Balaban J connectivity index is -0.000000529. The molecular weight excluding hydrogens is 631 g/mol. The first-order chi connectivity index (χ1) is 19.6. The SMILES string of the molecule is CCCCCC/C(=C/C(=O)O)C(=O)O.CCCCCC/C(=C/C(=O)O)C(=O)O.CCCCC[CH2][Sn][CH2]CCCCC. The van der Waals surface area contributed by atoms with Crippen molar-refractivity contribution in [2.45, 2.75) is 152 Å². The van der Waals surface area contributed by atoms with Crippen LogP contribution in [0.4, 0.5) is 0 Å². The van der Waals surface area contributed by atoms with Crippen molar-refractivity contribution in [1.29, 1.82) is 0 Å². The monoisotopic (exact) mass is 690 g/mol. The van der Waals surface area contributed by atoms with Gasteiger partial charge in [-0.25, -0.2) is 19.2 Å². The number of carbonyl (C=O) groups is 4. The maximum atomic E-state index is 10.6. The summed E-state index contributed by atoms with van der Waals surface area (Å²) in [4.78, 5) is 41.7. The van der Waals surface area contributed by atoms with Gasteiger partial charge in [0, 0.05) is 23.3 Å². The fourth-order valence-electron chi connectivity index (χ4n) is 3.74. The van der Waals surface area contributed by atoms with Crippen molar-refractivity contribution in [3.05, 3.63) is 23.3 Å². The van der Waals surface area contributed by atoms with Crippen LogP contribution in [0.3, 0.4) is 0 Å². The van der Waals surface area contributed by atoms with Crippen LogP contribution in [-0.4, -0.2) is 65.4 Å². The van der Waals surface area contributed by atoms with Gasteiger partial charge < -0.3 is 20.4 Å². The van der Waals surface area contributed by atoms with Gasteiger partial charge in [-0.1, -0.05) is 52.4 Å². The van der Waals surface area contributed by atoms with Crippen LogP contribution in [0.15, 0.2) is 23.3 Å². The molecule has 0 aliphatic rings. The third-order valence-electron chi connectivity index (χ3n) is 6.16. The number of aliphatic carboxylic acids is 4. The Kier molecular flexibility index (Phi) is 36.5. The Labute approximate surface area is 259 Å². The van der Waals surface area contributed by atoms with Crippen molar-refractivity contribution in [1.82, 2.24) is 0 Å². The van der Waals surface area contributed by atoms with E-state index in [1.165, 1.54) is 38.5 Å². The van der Waals surface area contributed by atoms with E-state index in [0.717, 1.165) is 63.5 Å². The molecule has 0 saturated heterocycles. The standard InChI is InChI=1S/2C10H16O4.2C6H13.Sn/c2*1-2-3-4-5-6-8(10(13)14)7-9(11)12;2*1-3-5-6-4-2;/h2*7H,2-6H2,1H3,(H,11,12)(H,13,14);2*1,3-6H2,2H3;/b2*8-7-;;;. The summed E-state index contributed by atoms with van der Waals surface area (Å²) in [5.74, 6) is -4.66. The zero-order chi connectivity index (χ0) is 31.7. The molecule has 0 heterocycles. The summed E-state index contributed by atoms with van der Waals surface area (Å²) in [6.07, 6.45) is 21.7. The molecular formula is C32H58O8Sn. The Morgan fingerprint density at radius 3 is 1.00 bits per heavy atom. The quantitative estimate of drug-likeness (QED) is 0.0446. The third kappa shape index (κ3) is 38.2. The molecule has 0 amide bonds. The average molecular weight is 690 g/mol. The normalized spacial score (nSPS) is 11.1. The predicted octanol–water partition coefficient (Wildman–Crippen LogP) is 8.79. The van der Waals surface area contributed by atoms with Gasteiger partial charge in [0.1, 0.15) is 0 Å². The Hall–Kier alpha value is -1.84. The minimum atomic E-state index is -1.20. The molecule has 0 aromatic carbocycles. The maximum absolute atomic E-state index is 10.6. The topological polar surface area (TPSA) is 149 Å². The van der Waals surface area contributed by atoms with Crippen LogP contribution < -0.4 is 0 Å². The van der Waals surface area contributed by atoms with E-state index in [2.05, 4.69) is 27.7 Å². The molecule has 0 fully saturated rings. The average Bonchev–Trinajstić information content (AvgIpc) is 2.91. The summed E-state index contributed by atoms with van der Waals surface area (Å²) in [5.41, 5.74) is -0.0396. The van der Waals surface area contributed by atoms with Crippen molar-refractivity contribution in [2.75, 3.05) is 0 Å². The van der Waals surface area contributed by atoms with Crippen LogP contribution in [-0.2, 0) is 19.2 Å². The molecule has 0 aromatic heterocycles. The molecule has 9 heteroatoms. The van der Waals surface area contributed by atoms with E-state index in [9.17, 15) is 19.2 Å². The van der Waals surface area contributed by atoms with Crippen molar-refractivity contribution in [3.63, 3.8) is 0 Å². The molecule has 8 nitrogen and oxygen atoms in total. The van der Waals surface area contributed by atoms with E-state index in [1.54, 1.807) is 21.7 Å². The van der Waals surface area contributed by atoms with Gasteiger partial charge in [0.25, 0.3) is 0 Å². The number of hydrogen-bond acceptors (Lipinski definition) is 4. The van der Waals surface area contributed by atoms with Crippen molar-refractivity contribution in [3.8, 4) is 0 Å². The van der Waals surface area contributed by atoms with Crippen LogP contribution in [0.25, 0.3) is 0 Å². The number of carboxylic acid groups (broad SMARTS) is 4. The summed E-state index contributed by atoms with van der Waals surface area (Å²) in [7, 11) is 0. The molecule has 0 saturated carbocycles. The number of carboxylic acids is 4. The molecule has 0 aromatic rings. The van der Waals surface area contributed by atoms with Crippen molar-refractivity contribution < 1.29 is 39.6 Å². The van der Waals surface area contributed by atoms with Crippen LogP contribution in [0.1, 0.15) is 143 Å². The van der Waals surface area contributed by atoms with E-state index in [-0.39, 0.29) is 32.3 Å². The van der Waals surface area contributed by atoms with Gasteiger partial charge in [-0.2, -0.15) is 0 Å². The molecule has 0 spiro atoms. The molecule has 0 bridgehead atoms. The molecule has 0 aliphatic heterocycles. The molecule has 0 atom stereocenters. The molecule has 4 N–H and O–H groups in total. The number of rotatable bonds is 24. The summed E-state index contributed by atoms with van der Waals surface area (Å²) >= 11 is 0.104. The van der Waals surface area contributed by atoms with Crippen LogP contribution in [0.5, 0.6) is 0 Å². The van der Waals surface area contributed by atoms with Crippen molar-refractivity contribution in [2.24, 2.45) is 0 Å². The van der Waals surface area contributed by atoms with Gasteiger partial charge in [0.15, 0.2) is 0 Å². The summed E-state index contributed by atoms with van der Waals surface area (Å²) < 4.78 is 3.30. The second kappa shape index (κ2) is 34.4. The zero-order valence-electron chi connectivity index (χ0n) is 26.2. The molecule has 41 heavy (non-hydrogen) atoms. The van der Waals surface area contributed by atoms with Crippen LogP contribution in [0, 0.1) is 0 Å². The van der Waals surface area contributed by atoms with Gasteiger partial charge >= 0.3 is 119 Å². The molecule has 2 radical (unpaired) electrons. The van der Waals surface area contributed by atoms with Gasteiger partial charge in [0.05, 0.1) is 0 Å². The third-order valence-corrected chi connectivity index (χ3v) is 10.2. The first-order valence-corrected chi connectivity index (χ1v) is 19.6. The Bertz CT molecular complexity index is 671.